The summed E-state index contributed by atoms with van der Waals surface area (Å²) in [5.74, 6) is -0.157. The SMILES string of the molecule is O=C(/C=C/c1ccccc1F)NC(c1cccc(-c2cnccn2)c1)C1CC1. The Balaban J connectivity index is 1.52. The zero-order valence-electron chi connectivity index (χ0n) is 15.3. The van der Waals surface area contributed by atoms with E-state index in [1.165, 1.54) is 18.2 Å². The number of rotatable bonds is 6. The Hall–Kier alpha value is -3.34. The fourth-order valence-electron chi connectivity index (χ4n) is 3.22. The summed E-state index contributed by atoms with van der Waals surface area (Å²) in [7, 11) is 0. The van der Waals surface area contributed by atoms with Crippen LogP contribution in [-0.2, 0) is 4.79 Å². The first-order valence-corrected chi connectivity index (χ1v) is 9.30. The van der Waals surface area contributed by atoms with Gasteiger partial charge in [0, 0.05) is 29.6 Å². The van der Waals surface area contributed by atoms with Gasteiger partial charge >= 0.3 is 0 Å². The van der Waals surface area contributed by atoms with Crippen LogP contribution in [0.3, 0.4) is 0 Å². The largest absolute Gasteiger partial charge is 0.345 e. The molecule has 1 aliphatic carbocycles. The van der Waals surface area contributed by atoms with Gasteiger partial charge < -0.3 is 5.32 Å². The topological polar surface area (TPSA) is 54.9 Å². The molecule has 1 atom stereocenters. The Labute approximate surface area is 163 Å². The van der Waals surface area contributed by atoms with Crippen LogP contribution in [0.4, 0.5) is 4.39 Å². The average Bonchev–Trinajstić information content (AvgIpc) is 3.57. The van der Waals surface area contributed by atoms with Gasteiger partial charge in [-0.15, -0.1) is 0 Å². The van der Waals surface area contributed by atoms with Crippen molar-refractivity contribution < 1.29 is 9.18 Å². The van der Waals surface area contributed by atoms with Gasteiger partial charge in [0.25, 0.3) is 0 Å². The lowest BCUT2D eigenvalue weighted by atomic mass is 9.99. The highest BCUT2D eigenvalue weighted by atomic mass is 19.1. The van der Waals surface area contributed by atoms with E-state index in [2.05, 4.69) is 15.3 Å². The van der Waals surface area contributed by atoms with Crippen LogP contribution in [0.1, 0.15) is 30.0 Å². The quantitative estimate of drug-likeness (QED) is 0.644. The lowest BCUT2D eigenvalue weighted by molar-refractivity contribution is -0.117. The molecule has 3 aromatic rings. The number of hydrogen-bond acceptors (Lipinski definition) is 3. The number of nitrogens with one attached hydrogen (secondary N) is 1. The number of benzene rings is 2. The predicted molar refractivity (Wildman–Crippen MR) is 107 cm³/mol. The molecule has 0 radical (unpaired) electrons. The molecule has 1 N–H and O–H groups in total. The highest BCUT2D eigenvalue weighted by molar-refractivity contribution is 5.92. The third-order valence-corrected chi connectivity index (χ3v) is 4.82. The van der Waals surface area contributed by atoms with Gasteiger partial charge in [-0.05, 0) is 42.5 Å². The van der Waals surface area contributed by atoms with Crippen LogP contribution < -0.4 is 5.32 Å². The summed E-state index contributed by atoms with van der Waals surface area (Å²) in [6.07, 6.45) is 10.1. The number of carbonyl (C=O) groups is 1. The molecule has 0 spiro atoms. The van der Waals surface area contributed by atoms with Gasteiger partial charge in [0.15, 0.2) is 0 Å². The smallest absolute Gasteiger partial charge is 0.244 e. The first-order valence-electron chi connectivity index (χ1n) is 9.30. The molecule has 0 saturated heterocycles. The van der Waals surface area contributed by atoms with E-state index in [1.54, 1.807) is 36.8 Å². The molecule has 4 rings (SSSR count). The average molecular weight is 373 g/mol. The molecule has 0 aliphatic heterocycles. The van der Waals surface area contributed by atoms with Crippen LogP contribution in [0.2, 0.25) is 0 Å². The molecular formula is C23H20FN3O. The molecular weight excluding hydrogens is 353 g/mol. The summed E-state index contributed by atoms with van der Waals surface area (Å²) in [6, 6.07) is 14.3. The van der Waals surface area contributed by atoms with E-state index in [4.69, 9.17) is 0 Å². The van der Waals surface area contributed by atoms with Crippen LogP contribution in [0.15, 0.2) is 73.2 Å². The second-order valence-corrected chi connectivity index (χ2v) is 6.89. The van der Waals surface area contributed by atoms with E-state index < -0.39 is 0 Å². The van der Waals surface area contributed by atoms with Crippen LogP contribution in [0.25, 0.3) is 17.3 Å². The number of amides is 1. The zero-order chi connectivity index (χ0) is 19.3. The fourth-order valence-corrected chi connectivity index (χ4v) is 3.22. The van der Waals surface area contributed by atoms with Crippen molar-refractivity contribution in [2.24, 2.45) is 5.92 Å². The lowest BCUT2D eigenvalue weighted by Crippen LogP contribution is -2.28. The summed E-state index contributed by atoms with van der Waals surface area (Å²) in [6.45, 7) is 0. The van der Waals surface area contributed by atoms with Crippen LogP contribution >= 0.6 is 0 Å². The predicted octanol–water partition coefficient (Wildman–Crippen LogP) is 4.56. The monoisotopic (exact) mass is 373 g/mol. The molecule has 1 aliphatic rings. The highest BCUT2D eigenvalue weighted by Crippen LogP contribution is 2.41. The van der Waals surface area contributed by atoms with Gasteiger partial charge in [-0.25, -0.2) is 4.39 Å². The van der Waals surface area contributed by atoms with Crippen molar-refractivity contribution in [1.29, 1.82) is 0 Å². The van der Waals surface area contributed by atoms with Crippen molar-refractivity contribution in [3.05, 3.63) is 90.1 Å². The molecule has 0 bridgehead atoms. The summed E-state index contributed by atoms with van der Waals surface area (Å²) < 4.78 is 13.7. The van der Waals surface area contributed by atoms with Gasteiger partial charge in [-0.3, -0.25) is 14.8 Å². The van der Waals surface area contributed by atoms with Crippen LogP contribution in [0, 0.1) is 11.7 Å². The molecule has 4 nitrogen and oxygen atoms in total. The Morgan fingerprint density at radius 1 is 1.14 bits per heavy atom. The Morgan fingerprint density at radius 2 is 2.00 bits per heavy atom. The van der Waals surface area contributed by atoms with E-state index in [0.29, 0.717) is 11.5 Å². The zero-order valence-corrected chi connectivity index (χ0v) is 15.3. The minimum atomic E-state index is -0.345. The van der Waals surface area contributed by atoms with Crippen molar-refractivity contribution >= 4 is 12.0 Å². The number of hydrogen-bond donors (Lipinski definition) is 1. The fraction of sp³-hybridized carbons (Fsp3) is 0.174. The summed E-state index contributed by atoms with van der Waals surface area (Å²) in [4.78, 5) is 20.9. The van der Waals surface area contributed by atoms with Gasteiger partial charge in [0.1, 0.15) is 5.82 Å². The number of halogens is 1. The third kappa shape index (κ3) is 4.31. The van der Waals surface area contributed by atoms with E-state index >= 15 is 0 Å². The van der Waals surface area contributed by atoms with Crippen LogP contribution in [-0.4, -0.2) is 15.9 Å². The number of nitrogens with zero attached hydrogens (tertiary/aromatic N) is 2. The van der Waals surface area contributed by atoms with Crippen molar-refractivity contribution in [2.75, 3.05) is 0 Å². The maximum absolute atomic E-state index is 13.7. The normalized spacial score (nSPS) is 14.8. The molecule has 1 fully saturated rings. The minimum absolute atomic E-state index is 0.0746. The second kappa shape index (κ2) is 8.13. The minimum Gasteiger partial charge on any atom is -0.345 e. The van der Waals surface area contributed by atoms with Crippen molar-refractivity contribution in [2.45, 2.75) is 18.9 Å². The first-order chi connectivity index (χ1) is 13.7. The van der Waals surface area contributed by atoms with Gasteiger partial charge in [0.2, 0.25) is 5.91 Å². The van der Waals surface area contributed by atoms with Crippen molar-refractivity contribution in [3.63, 3.8) is 0 Å². The number of aromatic nitrogens is 2. The van der Waals surface area contributed by atoms with Gasteiger partial charge in [-0.1, -0.05) is 36.4 Å². The van der Waals surface area contributed by atoms with Crippen molar-refractivity contribution in [1.82, 2.24) is 15.3 Å². The number of carbonyl (C=O) groups excluding carboxylic acids is 1. The van der Waals surface area contributed by atoms with Crippen molar-refractivity contribution in [3.8, 4) is 11.3 Å². The Morgan fingerprint density at radius 3 is 2.75 bits per heavy atom. The summed E-state index contributed by atoms with van der Waals surface area (Å²) in [5.41, 5.74) is 3.20. The summed E-state index contributed by atoms with van der Waals surface area (Å²) >= 11 is 0. The summed E-state index contributed by atoms with van der Waals surface area (Å²) in [5, 5.41) is 3.08. The second-order valence-electron chi connectivity index (χ2n) is 6.89. The van der Waals surface area contributed by atoms with E-state index in [9.17, 15) is 9.18 Å². The molecule has 1 unspecified atom stereocenters. The molecule has 1 amide bonds. The molecule has 5 heteroatoms. The van der Waals surface area contributed by atoms with E-state index in [1.807, 2.05) is 24.3 Å². The Kier molecular flexibility index (Phi) is 5.24. The third-order valence-electron chi connectivity index (χ3n) is 4.82. The van der Waals surface area contributed by atoms with Gasteiger partial charge in [-0.2, -0.15) is 0 Å². The molecule has 2 aromatic carbocycles. The molecule has 1 aromatic heterocycles. The van der Waals surface area contributed by atoms with E-state index in [0.717, 1.165) is 29.7 Å². The lowest BCUT2D eigenvalue weighted by Gasteiger charge is -2.18. The maximum Gasteiger partial charge on any atom is 0.244 e. The maximum atomic E-state index is 13.7. The molecule has 28 heavy (non-hydrogen) atoms. The molecule has 1 heterocycles. The first kappa shape index (κ1) is 18.0. The van der Waals surface area contributed by atoms with Gasteiger partial charge in [0.05, 0.1) is 17.9 Å². The highest BCUT2D eigenvalue weighted by Gasteiger charge is 2.33. The van der Waals surface area contributed by atoms with Crippen LogP contribution in [0.5, 0.6) is 0 Å². The van der Waals surface area contributed by atoms with E-state index in [-0.39, 0.29) is 17.8 Å². The molecule has 140 valence electrons. The Bertz CT molecular complexity index is 999. The standard InChI is InChI=1S/C23H20FN3O/c24-20-7-2-1-4-16(20)10-11-22(28)27-23(17-8-9-17)19-6-3-5-18(14-19)21-15-25-12-13-26-21/h1-7,10-15,17,23H,8-9H2,(H,27,28)/b11-10+. The molecule has 1 saturated carbocycles.